The van der Waals surface area contributed by atoms with Crippen molar-refractivity contribution in [2.75, 3.05) is 0 Å². The van der Waals surface area contributed by atoms with Crippen molar-refractivity contribution in [2.45, 2.75) is 25.2 Å². The minimum absolute atomic E-state index is 0.0584. The molecule has 86 valence electrons. The van der Waals surface area contributed by atoms with Crippen molar-refractivity contribution in [2.24, 2.45) is 0 Å². The van der Waals surface area contributed by atoms with Crippen LogP contribution in [0.5, 0.6) is 0 Å². The summed E-state index contributed by atoms with van der Waals surface area (Å²) in [6.45, 7) is 0. The van der Waals surface area contributed by atoms with Crippen molar-refractivity contribution in [1.82, 2.24) is 10.1 Å². The first-order valence-corrected chi connectivity index (χ1v) is 5.75. The molecule has 0 saturated heterocycles. The van der Waals surface area contributed by atoms with Crippen LogP contribution in [0, 0.1) is 0 Å². The number of benzene rings is 1. The Morgan fingerprint density at radius 1 is 1.35 bits per heavy atom. The van der Waals surface area contributed by atoms with Gasteiger partial charge in [0.2, 0.25) is 6.29 Å². The lowest BCUT2D eigenvalue weighted by atomic mass is 9.82. The van der Waals surface area contributed by atoms with E-state index in [2.05, 4.69) is 22.3 Å². The van der Waals surface area contributed by atoms with Gasteiger partial charge >= 0.3 is 0 Å². The highest BCUT2D eigenvalue weighted by atomic mass is 16.5. The summed E-state index contributed by atoms with van der Waals surface area (Å²) in [5.74, 6) is 0.847. The molecule has 0 aliphatic heterocycles. The van der Waals surface area contributed by atoms with Gasteiger partial charge < -0.3 is 4.52 Å². The van der Waals surface area contributed by atoms with Gasteiger partial charge in [-0.25, -0.2) is 0 Å². The monoisotopic (exact) mass is 228 g/mol. The predicted molar refractivity (Wildman–Crippen MR) is 60.9 cm³/mol. The summed E-state index contributed by atoms with van der Waals surface area (Å²) in [5.41, 5.74) is 2.61. The summed E-state index contributed by atoms with van der Waals surface area (Å²) in [4.78, 5) is 14.7. The summed E-state index contributed by atoms with van der Waals surface area (Å²) in [5, 5.41) is 3.89. The Kier molecular flexibility index (Phi) is 2.48. The largest absolute Gasteiger partial charge is 0.331 e. The molecule has 1 aromatic heterocycles. The van der Waals surface area contributed by atoms with Gasteiger partial charge in [0.1, 0.15) is 0 Å². The summed E-state index contributed by atoms with van der Waals surface area (Å²) >= 11 is 0. The van der Waals surface area contributed by atoms with Gasteiger partial charge in [0, 0.05) is 5.92 Å². The highest BCUT2D eigenvalue weighted by Gasteiger charge is 2.25. The average molecular weight is 228 g/mol. The Morgan fingerprint density at radius 3 is 3.06 bits per heavy atom. The van der Waals surface area contributed by atoms with Gasteiger partial charge in [-0.2, -0.15) is 4.98 Å². The molecule has 1 aliphatic carbocycles. The third kappa shape index (κ3) is 1.75. The molecule has 1 heterocycles. The maximum absolute atomic E-state index is 10.6. The van der Waals surface area contributed by atoms with E-state index in [1.807, 2.05) is 12.1 Å². The Balaban J connectivity index is 2.02. The van der Waals surface area contributed by atoms with Crippen LogP contribution in [-0.2, 0) is 6.42 Å². The van der Waals surface area contributed by atoms with Gasteiger partial charge in [0.15, 0.2) is 5.82 Å². The molecule has 4 heteroatoms. The topological polar surface area (TPSA) is 56.0 Å². The summed E-state index contributed by atoms with van der Waals surface area (Å²) in [7, 11) is 0. The fourth-order valence-corrected chi connectivity index (χ4v) is 2.46. The van der Waals surface area contributed by atoms with E-state index in [9.17, 15) is 4.79 Å². The molecule has 17 heavy (non-hydrogen) atoms. The fraction of sp³-hybridized carbons (Fsp3) is 0.308. The zero-order valence-electron chi connectivity index (χ0n) is 9.30. The minimum Gasteiger partial charge on any atom is -0.331 e. The van der Waals surface area contributed by atoms with Gasteiger partial charge in [-0.1, -0.05) is 29.4 Å². The van der Waals surface area contributed by atoms with Gasteiger partial charge in [-0.15, -0.1) is 0 Å². The van der Waals surface area contributed by atoms with Crippen LogP contribution in [-0.4, -0.2) is 16.4 Å². The third-order valence-corrected chi connectivity index (χ3v) is 3.24. The van der Waals surface area contributed by atoms with Crippen molar-refractivity contribution in [3.8, 4) is 0 Å². The molecule has 0 fully saturated rings. The van der Waals surface area contributed by atoms with E-state index in [4.69, 9.17) is 4.52 Å². The third-order valence-electron chi connectivity index (χ3n) is 3.24. The summed E-state index contributed by atoms with van der Waals surface area (Å²) in [6, 6.07) is 8.32. The zero-order valence-corrected chi connectivity index (χ0v) is 9.30. The second kappa shape index (κ2) is 4.13. The molecule has 1 aromatic carbocycles. The number of hydrogen-bond acceptors (Lipinski definition) is 4. The zero-order chi connectivity index (χ0) is 11.7. The highest BCUT2D eigenvalue weighted by molar-refractivity contribution is 5.67. The second-order valence-electron chi connectivity index (χ2n) is 4.25. The number of nitrogens with zero attached hydrogens (tertiary/aromatic N) is 2. The van der Waals surface area contributed by atoms with Crippen LogP contribution in [0.1, 0.15) is 46.4 Å². The standard InChI is InChI=1S/C13H12N2O2/c16-8-12-14-13(15-17-12)11-7-3-5-9-4-1-2-6-10(9)11/h1-2,4,6,8,11H,3,5,7H2. The van der Waals surface area contributed by atoms with E-state index in [1.165, 1.54) is 11.1 Å². The number of aldehydes is 1. The van der Waals surface area contributed by atoms with E-state index in [-0.39, 0.29) is 11.8 Å². The molecular weight excluding hydrogens is 216 g/mol. The Morgan fingerprint density at radius 2 is 2.24 bits per heavy atom. The van der Waals surface area contributed by atoms with Crippen molar-refractivity contribution in [3.63, 3.8) is 0 Å². The number of carbonyl (C=O) groups is 1. The number of hydrogen-bond donors (Lipinski definition) is 0. The van der Waals surface area contributed by atoms with Crippen LogP contribution in [0.4, 0.5) is 0 Å². The Hall–Kier alpha value is -1.97. The van der Waals surface area contributed by atoms with E-state index in [1.54, 1.807) is 0 Å². The number of aromatic nitrogens is 2. The molecule has 2 aromatic rings. The summed E-state index contributed by atoms with van der Waals surface area (Å²) < 4.78 is 4.85. The lowest BCUT2D eigenvalue weighted by Gasteiger charge is -2.22. The lowest BCUT2D eigenvalue weighted by molar-refractivity contribution is 0.108. The van der Waals surface area contributed by atoms with Gasteiger partial charge in [-0.05, 0) is 30.4 Å². The molecule has 1 aliphatic rings. The van der Waals surface area contributed by atoms with Crippen LogP contribution >= 0.6 is 0 Å². The average Bonchev–Trinajstić information content (AvgIpc) is 2.87. The molecule has 0 N–H and O–H groups in total. The number of rotatable bonds is 2. The van der Waals surface area contributed by atoms with Crippen LogP contribution in [0.15, 0.2) is 28.8 Å². The van der Waals surface area contributed by atoms with E-state index < -0.39 is 0 Å². The fourth-order valence-electron chi connectivity index (χ4n) is 2.46. The van der Waals surface area contributed by atoms with Crippen molar-refractivity contribution >= 4 is 6.29 Å². The van der Waals surface area contributed by atoms with E-state index in [0.29, 0.717) is 12.1 Å². The van der Waals surface area contributed by atoms with Crippen LogP contribution in [0.2, 0.25) is 0 Å². The maximum atomic E-state index is 10.6. The van der Waals surface area contributed by atoms with Crippen LogP contribution < -0.4 is 0 Å². The van der Waals surface area contributed by atoms with Crippen molar-refractivity contribution < 1.29 is 9.32 Å². The Bertz CT molecular complexity index is 548. The van der Waals surface area contributed by atoms with Gasteiger partial charge in [-0.3, -0.25) is 4.79 Å². The number of aryl methyl sites for hydroxylation is 1. The second-order valence-corrected chi connectivity index (χ2v) is 4.25. The van der Waals surface area contributed by atoms with Crippen molar-refractivity contribution in [1.29, 1.82) is 0 Å². The minimum atomic E-state index is 0.0584. The molecule has 1 unspecified atom stereocenters. The molecule has 0 bridgehead atoms. The first kappa shape index (κ1) is 10.2. The first-order chi connectivity index (χ1) is 8.38. The normalized spacial score (nSPS) is 18.7. The predicted octanol–water partition coefficient (Wildman–Crippen LogP) is 2.35. The van der Waals surface area contributed by atoms with E-state index >= 15 is 0 Å². The molecular formula is C13H12N2O2. The van der Waals surface area contributed by atoms with E-state index in [0.717, 1.165) is 19.3 Å². The molecule has 1 atom stereocenters. The number of fused-ring (bicyclic) bond motifs is 1. The molecule has 0 radical (unpaired) electrons. The van der Waals surface area contributed by atoms with Crippen LogP contribution in [0.25, 0.3) is 0 Å². The molecule has 0 spiro atoms. The SMILES string of the molecule is O=Cc1nc(C2CCCc3ccccc32)no1. The molecule has 0 amide bonds. The summed E-state index contributed by atoms with van der Waals surface area (Å²) in [6.07, 6.45) is 3.82. The number of carbonyl (C=O) groups excluding carboxylic acids is 1. The van der Waals surface area contributed by atoms with Gasteiger partial charge in [0.25, 0.3) is 5.89 Å². The molecule has 4 nitrogen and oxygen atoms in total. The smallest absolute Gasteiger partial charge is 0.290 e. The van der Waals surface area contributed by atoms with Crippen molar-refractivity contribution in [3.05, 3.63) is 47.1 Å². The quantitative estimate of drug-likeness (QED) is 0.740. The van der Waals surface area contributed by atoms with Gasteiger partial charge in [0.05, 0.1) is 0 Å². The molecule has 0 saturated carbocycles. The Labute approximate surface area is 98.7 Å². The molecule has 3 rings (SSSR count). The first-order valence-electron chi connectivity index (χ1n) is 5.75. The lowest BCUT2D eigenvalue weighted by Crippen LogP contribution is -2.12. The van der Waals surface area contributed by atoms with Crippen LogP contribution in [0.3, 0.4) is 0 Å². The highest BCUT2D eigenvalue weighted by Crippen LogP contribution is 2.34. The maximum Gasteiger partial charge on any atom is 0.290 e.